The van der Waals surface area contributed by atoms with Gasteiger partial charge in [0.15, 0.2) is 23.1 Å². The van der Waals surface area contributed by atoms with Crippen LogP contribution in [0.3, 0.4) is 0 Å². The van der Waals surface area contributed by atoms with Gasteiger partial charge in [0, 0.05) is 26.2 Å². The molecule has 0 amide bonds. The van der Waals surface area contributed by atoms with Crippen molar-refractivity contribution in [3.8, 4) is 0 Å². The van der Waals surface area contributed by atoms with E-state index in [1.165, 1.54) is 6.33 Å². The molecule has 0 spiro atoms. The summed E-state index contributed by atoms with van der Waals surface area (Å²) in [6.07, 6.45) is 1.41. The second-order valence-electron chi connectivity index (χ2n) is 5.78. The molecular formula is C15H17FN8. The van der Waals surface area contributed by atoms with Crippen LogP contribution in [0.4, 0.5) is 16.0 Å². The summed E-state index contributed by atoms with van der Waals surface area (Å²) in [6.45, 7) is 6.35. The van der Waals surface area contributed by atoms with Crippen molar-refractivity contribution < 1.29 is 4.39 Å². The predicted octanol–water partition coefficient (Wildman–Crippen LogP) is 0.997. The van der Waals surface area contributed by atoms with Crippen LogP contribution in [0.5, 0.6) is 0 Å². The van der Waals surface area contributed by atoms with Crippen LogP contribution in [0, 0.1) is 19.7 Å². The van der Waals surface area contributed by atoms with Crippen molar-refractivity contribution >= 4 is 17.3 Å². The number of nitrogens with zero attached hydrogens (tertiary/aromatic N) is 8. The van der Waals surface area contributed by atoms with E-state index in [-0.39, 0.29) is 5.82 Å². The van der Waals surface area contributed by atoms with Gasteiger partial charge in [-0.2, -0.15) is 4.52 Å². The third kappa shape index (κ3) is 2.41. The lowest BCUT2D eigenvalue weighted by Crippen LogP contribution is -2.47. The van der Waals surface area contributed by atoms with Crippen molar-refractivity contribution in [2.24, 2.45) is 0 Å². The molecule has 3 aromatic rings. The van der Waals surface area contributed by atoms with E-state index in [4.69, 9.17) is 0 Å². The van der Waals surface area contributed by atoms with Gasteiger partial charge < -0.3 is 9.80 Å². The van der Waals surface area contributed by atoms with Crippen LogP contribution < -0.4 is 9.80 Å². The fraction of sp³-hybridized carbons (Fsp3) is 0.400. The molecule has 1 aliphatic heterocycles. The summed E-state index contributed by atoms with van der Waals surface area (Å²) in [5, 5.41) is 12.6. The Balaban J connectivity index is 1.52. The zero-order chi connectivity index (χ0) is 16.7. The summed E-state index contributed by atoms with van der Waals surface area (Å²) in [6, 6.07) is 3.84. The molecule has 0 atom stereocenters. The van der Waals surface area contributed by atoms with E-state index in [0.29, 0.717) is 24.6 Å². The molecule has 0 N–H and O–H groups in total. The molecular weight excluding hydrogens is 311 g/mol. The number of hydrogen-bond acceptors (Lipinski definition) is 7. The molecule has 24 heavy (non-hydrogen) atoms. The van der Waals surface area contributed by atoms with Crippen molar-refractivity contribution in [3.63, 3.8) is 0 Å². The van der Waals surface area contributed by atoms with Crippen molar-refractivity contribution in [2.45, 2.75) is 13.8 Å². The molecule has 0 aromatic carbocycles. The van der Waals surface area contributed by atoms with Gasteiger partial charge in [-0.05, 0) is 26.0 Å². The highest BCUT2D eigenvalue weighted by molar-refractivity contribution is 5.48. The number of anilines is 2. The zero-order valence-electron chi connectivity index (χ0n) is 13.5. The molecule has 0 bridgehead atoms. The van der Waals surface area contributed by atoms with Gasteiger partial charge in [0.1, 0.15) is 12.1 Å². The smallest absolute Gasteiger partial charge is 0.186 e. The summed E-state index contributed by atoms with van der Waals surface area (Å²) >= 11 is 0. The minimum absolute atomic E-state index is 0.342. The van der Waals surface area contributed by atoms with Crippen molar-refractivity contribution in [1.82, 2.24) is 29.8 Å². The standard InChI is InChI=1S/C15H17FN8/c1-10-14(16)15(18-9-17-10)23-7-5-22(6-8-23)13-4-3-12-20-19-11(2)24(12)21-13/h3-4,9H,5-8H2,1-2H3. The van der Waals surface area contributed by atoms with E-state index in [9.17, 15) is 4.39 Å². The number of fused-ring (bicyclic) bond motifs is 1. The van der Waals surface area contributed by atoms with Crippen LogP contribution in [0.25, 0.3) is 5.65 Å². The molecule has 4 rings (SSSR count). The number of halogens is 1. The summed E-state index contributed by atoms with van der Waals surface area (Å²) in [5.41, 5.74) is 1.10. The third-order valence-corrected chi connectivity index (χ3v) is 4.25. The quantitative estimate of drug-likeness (QED) is 0.694. The van der Waals surface area contributed by atoms with E-state index in [0.717, 1.165) is 30.4 Å². The van der Waals surface area contributed by atoms with E-state index in [1.54, 1.807) is 11.4 Å². The Morgan fingerprint density at radius 1 is 0.958 bits per heavy atom. The number of aromatic nitrogens is 6. The van der Waals surface area contributed by atoms with Crippen LogP contribution in [0.2, 0.25) is 0 Å². The lowest BCUT2D eigenvalue weighted by Gasteiger charge is -2.36. The highest BCUT2D eigenvalue weighted by atomic mass is 19.1. The Kier molecular flexibility index (Phi) is 3.47. The van der Waals surface area contributed by atoms with Gasteiger partial charge in [-0.3, -0.25) is 0 Å². The number of rotatable bonds is 2. The minimum Gasteiger partial charge on any atom is -0.352 e. The molecule has 1 aliphatic rings. The predicted molar refractivity (Wildman–Crippen MR) is 86.7 cm³/mol. The lowest BCUT2D eigenvalue weighted by molar-refractivity contribution is 0.572. The van der Waals surface area contributed by atoms with E-state index >= 15 is 0 Å². The van der Waals surface area contributed by atoms with Gasteiger partial charge >= 0.3 is 0 Å². The molecule has 8 nitrogen and oxygen atoms in total. The van der Waals surface area contributed by atoms with Crippen molar-refractivity contribution in [2.75, 3.05) is 36.0 Å². The number of piperazine rings is 1. The molecule has 0 saturated carbocycles. The van der Waals surface area contributed by atoms with Crippen LogP contribution in [-0.4, -0.2) is 56.0 Å². The topological polar surface area (TPSA) is 75.3 Å². The van der Waals surface area contributed by atoms with E-state index < -0.39 is 0 Å². The Labute approximate surface area is 138 Å². The second kappa shape index (κ2) is 5.66. The largest absolute Gasteiger partial charge is 0.352 e. The minimum atomic E-state index is -0.342. The number of aryl methyl sites for hydroxylation is 2. The molecule has 0 unspecified atom stereocenters. The second-order valence-corrected chi connectivity index (χ2v) is 5.78. The maximum Gasteiger partial charge on any atom is 0.186 e. The summed E-state index contributed by atoms with van der Waals surface area (Å²) < 4.78 is 15.9. The zero-order valence-corrected chi connectivity index (χ0v) is 13.5. The molecule has 4 heterocycles. The first-order chi connectivity index (χ1) is 11.6. The summed E-state index contributed by atoms with van der Waals surface area (Å²) in [7, 11) is 0. The Morgan fingerprint density at radius 2 is 1.71 bits per heavy atom. The number of hydrogen-bond donors (Lipinski definition) is 0. The average molecular weight is 328 g/mol. The average Bonchev–Trinajstić information content (AvgIpc) is 2.98. The molecule has 0 radical (unpaired) electrons. The highest BCUT2D eigenvalue weighted by Gasteiger charge is 2.22. The van der Waals surface area contributed by atoms with Gasteiger partial charge in [0.05, 0.1) is 5.69 Å². The fourth-order valence-corrected chi connectivity index (χ4v) is 2.87. The first kappa shape index (κ1) is 14.7. The van der Waals surface area contributed by atoms with Crippen molar-refractivity contribution in [1.29, 1.82) is 0 Å². The van der Waals surface area contributed by atoms with Gasteiger partial charge in [0.25, 0.3) is 0 Å². The molecule has 1 saturated heterocycles. The molecule has 9 heteroatoms. The third-order valence-electron chi connectivity index (χ3n) is 4.25. The van der Waals surface area contributed by atoms with Crippen molar-refractivity contribution in [3.05, 3.63) is 35.8 Å². The monoisotopic (exact) mass is 328 g/mol. The maximum atomic E-state index is 14.2. The normalized spacial score (nSPS) is 15.3. The lowest BCUT2D eigenvalue weighted by atomic mass is 10.3. The summed E-state index contributed by atoms with van der Waals surface area (Å²) in [4.78, 5) is 12.1. The molecule has 124 valence electrons. The SMILES string of the molecule is Cc1ncnc(N2CCN(c3ccc4nnc(C)n4n3)CC2)c1F. The Morgan fingerprint density at radius 3 is 2.50 bits per heavy atom. The Hall–Kier alpha value is -2.84. The van der Waals surface area contributed by atoms with Crippen LogP contribution in [0.1, 0.15) is 11.5 Å². The van der Waals surface area contributed by atoms with Crippen LogP contribution in [0.15, 0.2) is 18.5 Å². The molecule has 1 fully saturated rings. The van der Waals surface area contributed by atoms with Gasteiger partial charge in [-0.1, -0.05) is 0 Å². The van der Waals surface area contributed by atoms with Crippen LogP contribution in [-0.2, 0) is 0 Å². The maximum absolute atomic E-state index is 14.2. The first-order valence-electron chi connectivity index (χ1n) is 7.79. The van der Waals surface area contributed by atoms with E-state index in [2.05, 4.69) is 30.2 Å². The van der Waals surface area contributed by atoms with Gasteiger partial charge in [0.2, 0.25) is 0 Å². The molecule has 0 aliphatic carbocycles. The fourth-order valence-electron chi connectivity index (χ4n) is 2.87. The molecule has 3 aromatic heterocycles. The van der Waals surface area contributed by atoms with Gasteiger partial charge in [-0.15, -0.1) is 15.3 Å². The Bertz CT molecular complexity index is 884. The highest BCUT2D eigenvalue weighted by Crippen LogP contribution is 2.21. The summed E-state index contributed by atoms with van der Waals surface area (Å²) in [5.74, 6) is 1.65. The van der Waals surface area contributed by atoms with Gasteiger partial charge in [-0.25, -0.2) is 14.4 Å². The van der Waals surface area contributed by atoms with Crippen LogP contribution >= 0.6 is 0 Å². The van der Waals surface area contributed by atoms with E-state index in [1.807, 2.05) is 24.0 Å². The first-order valence-corrected chi connectivity index (χ1v) is 7.79.